The van der Waals surface area contributed by atoms with E-state index >= 15 is 0 Å². The van der Waals surface area contributed by atoms with Crippen LogP contribution in [0.1, 0.15) is 57.1 Å². The average Bonchev–Trinajstić information content (AvgIpc) is 3.10. The molecule has 194 valence electrons. The number of ether oxygens (including phenoxy) is 2. The van der Waals surface area contributed by atoms with Crippen molar-refractivity contribution >= 4 is 21.6 Å². The zero-order valence-corrected chi connectivity index (χ0v) is 21.9. The second-order valence-corrected chi connectivity index (χ2v) is 10.8. The summed E-state index contributed by atoms with van der Waals surface area (Å²) in [6.45, 7) is 11.1. The molecule has 0 aliphatic heterocycles. The van der Waals surface area contributed by atoms with Crippen LogP contribution < -0.4 is 14.8 Å². The van der Waals surface area contributed by atoms with Crippen LogP contribution in [0.3, 0.4) is 0 Å². The third-order valence-corrected chi connectivity index (χ3v) is 6.62. The van der Waals surface area contributed by atoms with Gasteiger partial charge in [0, 0.05) is 37.4 Å². The summed E-state index contributed by atoms with van der Waals surface area (Å²) >= 11 is 0. The van der Waals surface area contributed by atoms with Crippen molar-refractivity contribution in [2.24, 2.45) is 0 Å². The lowest BCUT2D eigenvalue weighted by Crippen LogP contribution is -2.33. The fourth-order valence-electron chi connectivity index (χ4n) is 3.03. The molecule has 1 aromatic heterocycles. The molecule has 2 N–H and O–H groups in total. The molecule has 1 atom stereocenters. The summed E-state index contributed by atoms with van der Waals surface area (Å²) in [7, 11) is -2.78. The van der Waals surface area contributed by atoms with Gasteiger partial charge in [0.05, 0.1) is 17.1 Å². The molecule has 1 heterocycles. The Morgan fingerprint density at radius 3 is 2.51 bits per heavy atom. The molecule has 0 aliphatic rings. The van der Waals surface area contributed by atoms with Crippen molar-refractivity contribution in [3.63, 3.8) is 0 Å². The Morgan fingerprint density at radius 1 is 1.31 bits per heavy atom. The van der Waals surface area contributed by atoms with E-state index in [0.717, 1.165) is 18.6 Å². The molecule has 0 saturated heterocycles. The van der Waals surface area contributed by atoms with Gasteiger partial charge in [0.25, 0.3) is 11.6 Å². The predicted molar refractivity (Wildman–Crippen MR) is 129 cm³/mol. The van der Waals surface area contributed by atoms with Crippen LogP contribution in [0.15, 0.2) is 23.1 Å². The van der Waals surface area contributed by atoms with Crippen LogP contribution in [0, 0.1) is 17.0 Å². The van der Waals surface area contributed by atoms with Crippen LogP contribution in [-0.2, 0) is 20.3 Å². The zero-order valence-electron chi connectivity index (χ0n) is 21.0. The minimum atomic E-state index is -4.20. The van der Waals surface area contributed by atoms with Gasteiger partial charge in [-0.05, 0) is 47.1 Å². The third-order valence-electron chi connectivity index (χ3n) is 5.14. The first-order chi connectivity index (χ1) is 16.2. The van der Waals surface area contributed by atoms with Crippen molar-refractivity contribution < 1.29 is 27.6 Å². The first-order valence-corrected chi connectivity index (χ1v) is 12.6. The second kappa shape index (κ2) is 11.1. The number of amides is 1. The molecule has 0 unspecified atom stereocenters. The molecule has 35 heavy (non-hydrogen) atoms. The van der Waals surface area contributed by atoms with E-state index in [2.05, 4.69) is 15.1 Å². The number of nitrogens with zero attached hydrogens (tertiary/aromatic N) is 3. The quantitative estimate of drug-likeness (QED) is 0.265. The Labute approximate surface area is 205 Å². The van der Waals surface area contributed by atoms with E-state index < -0.39 is 31.1 Å². The van der Waals surface area contributed by atoms with E-state index in [-0.39, 0.29) is 42.4 Å². The van der Waals surface area contributed by atoms with Gasteiger partial charge < -0.3 is 14.8 Å². The van der Waals surface area contributed by atoms with Crippen molar-refractivity contribution in [1.82, 2.24) is 19.8 Å². The lowest BCUT2D eigenvalue weighted by molar-refractivity contribution is -0.385. The maximum Gasteiger partial charge on any atom is 0.272 e. The summed E-state index contributed by atoms with van der Waals surface area (Å²) in [5.74, 6) is -0.389. The number of sulfonamides is 1. The topological polar surface area (TPSA) is 155 Å². The van der Waals surface area contributed by atoms with Gasteiger partial charge in [-0.1, -0.05) is 6.92 Å². The van der Waals surface area contributed by atoms with E-state index in [9.17, 15) is 23.3 Å². The number of benzene rings is 1. The Hall–Kier alpha value is -3.03. The van der Waals surface area contributed by atoms with Gasteiger partial charge in [-0.25, -0.2) is 17.8 Å². The summed E-state index contributed by atoms with van der Waals surface area (Å²) in [4.78, 5) is 23.0. The number of nitro groups is 1. The number of rotatable bonds is 11. The number of nitrogens with one attached hydrogen (secondary N) is 2. The SMILES string of the molecule is CC[C@@H](C)NC(=O)c1nn(C(C)(C)C)c(Oc2ccc([N+](=O)[O-])cc2S(=O)(=O)NCCOC)c1C. The van der Waals surface area contributed by atoms with Crippen molar-refractivity contribution in [2.75, 3.05) is 20.3 Å². The van der Waals surface area contributed by atoms with Crippen LogP contribution in [0.2, 0.25) is 0 Å². The van der Waals surface area contributed by atoms with E-state index in [4.69, 9.17) is 9.47 Å². The molecule has 12 nitrogen and oxygen atoms in total. The molecule has 0 spiro atoms. The lowest BCUT2D eigenvalue weighted by Gasteiger charge is -2.23. The van der Waals surface area contributed by atoms with Crippen molar-refractivity contribution in [2.45, 2.75) is 64.4 Å². The Kier molecular flexibility index (Phi) is 8.98. The molecule has 0 radical (unpaired) electrons. The van der Waals surface area contributed by atoms with E-state index in [0.29, 0.717) is 5.56 Å². The molecule has 0 fully saturated rings. The molecule has 2 rings (SSSR count). The number of carbonyl (C=O) groups is 1. The van der Waals surface area contributed by atoms with Crippen LogP contribution in [0.4, 0.5) is 5.69 Å². The average molecular weight is 512 g/mol. The van der Waals surface area contributed by atoms with E-state index in [1.807, 2.05) is 34.6 Å². The fourth-order valence-corrected chi connectivity index (χ4v) is 4.19. The van der Waals surface area contributed by atoms with Crippen LogP contribution in [0.25, 0.3) is 0 Å². The highest BCUT2D eigenvalue weighted by Gasteiger charge is 2.30. The Balaban J connectivity index is 2.63. The Bertz CT molecular complexity index is 1190. The summed E-state index contributed by atoms with van der Waals surface area (Å²) in [6.07, 6.45) is 0.730. The Morgan fingerprint density at radius 2 is 1.97 bits per heavy atom. The van der Waals surface area contributed by atoms with Crippen molar-refractivity contribution in [3.8, 4) is 11.6 Å². The summed E-state index contributed by atoms with van der Waals surface area (Å²) in [5.41, 5.74) is -0.514. The smallest absolute Gasteiger partial charge is 0.272 e. The zero-order chi connectivity index (χ0) is 26.6. The summed E-state index contributed by atoms with van der Waals surface area (Å²) in [6, 6.07) is 3.21. The van der Waals surface area contributed by atoms with Gasteiger partial charge >= 0.3 is 0 Å². The fraction of sp³-hybridized carbons (Fsp3) is 0.545. The maximum absolute atomic E-state index is 13.0. The highest BCUT2D eigenvalue weighted by Crippen LogP contribution is 2.36. The van der Waals surface area contributed by atoms with Crippen molar-refractivity contribution in [1.29, 1.82) is 0 Å². The van der Waals surface area contributed by atoms with E-state index in [1.165, 1.54) is 17.9 Å². The van der Waals surface area contributed by atoms with Crippen LogP contribution in [-0.4, -0.2) is 55.3 Å². The van der Waals surface area contributed by atoms with Gasteiger partial charge in [-0.3, -0.25) is 14.9 Å². The second-order valence-electron chi connectivity index (χ2n) is 9.02. The van der Waals surface area contributed by atoms with Crippen molar-refractivity contribution in [3.05, 3.63) is 39.6 Å². The first-order valence-electron chi connectivity index (χ1n) is 11.1. The minimum absolute atomic E-state index is 0.0418. The standard InChI is InChI=1S/C22H33N5O7S/c1-8-14(2)24-20(28)19-15(3)21(26(25-19)22(4,5)6)34-17-10-9-16(27(29)30)13-18(17)35(31,32)23-11-12-33-7/h9-10,13-14,23H,8,11-12H2,1-7H3,(H,24,28)/t14-/m1/s1. The molecule has 1 amide bonds. The van der Waals surface area contributed by atoms with E-state index in [1.54, 1.807) is 6.92 Å². The largest absolute Gasteiger partial charge is 0.438 e. The summed E-state index contributed by atoms with van der Waals surface area (Å²) in [5, 5.41) is 18.6. The minimum Gasteiger partial charge on any atom is -0.438 e. The predicted octanol–water partition coefficient (Wildman–Crippen LogP) is 3.10. The van der Waals surface area contributed by atoms with Crippen LogP contribution in [0.5, 0.6) is 11.6 Å². The number of carbonyl (C=O) groups excluding carboxylic acids is 1. The number of nitro benzene ring substituents is 1. The molecular weight excluding hydrogens is 478 g/mol. The number of non-ortho nitro benzene ring substituents is 1. The van der Waals surface area contributed by atoms with Gasteiger partial charge in [0.1, 0.15) is 10.6 Å². The molecule has 0 aliphatic carbocycles. The van der Waals surface area contributed by atoms with Gasteiger partial charge in [0.2, 0.25) is 15.9 Å². The monoisotopic (exact) mass is 511 g/mol. The molecule has 2 aromatic rings. The first kappa shape index (κ1) is 28.2. The number of hydrogen-bond acceptors (Lipinski definition) is 8. The molecule has 1 aromatic carbocycles. The third kappa shape index (κ3) is 6.77. The normalized spacial score (nSPS) is 12.9. The molecule has 0 bridgehead atoms. The lowest BCUT2D eigenvalue weighted by atomic mass is 10.1. The van der Waals surface area contributed by atoms with Crippen LogP contribution >= 0.6 is 0 Å². The van der Waals surface area contributed by atoms with Gasteiger partial charge in [0.15, 0.2) is 5.69 Å². The highest BCUT2D eigenvalue weighted by atomic mass is 32.2. The molecule has 13 heteroatoms. The van der Waals surface area contributed by atoms with Gasteiger partial charge in [-0.2, -0.15) is 5.10 Å². The van der Waals surface area contributed by atoms with Gasteiger partial charge in [-0.15, -0.1) is 0 Å². The number of methoxy groups -OCH3 is 1. The molecule has 0 saturated carbocycles. The summed E-state index contributed by atoms with van der Waals surface area (Å²) < 4.78 is 40.7. The highest BCUT2D eigenvalue weighted by molar-refractivity contribution is 7.89. The number of hydrogen-bond donors (Lipinski definition) is 2. The molecular formula is C22H33N5O7S. The number of aromatic nitrogens is 2. The maximum atomic E-state index is 13.0.